The first kappa shape index (κ1) is 13.3. The van der Waals surface area contributed by atoms with Gasteiger partial charge in [0.1, 0.15) is 5.60 Å². The fourth-order valence-electron chi connectivity index (χ4n) is 1.66. The molecule has 4 N–H and O–H groups in total. The number of nitrogens with two attached hydrogens (primary N) is 2. The van der Waals surface area contributed by atoms with Crippen LogP contribution in [0.25, 0.3) is 0 Å². The van der Waals surface area contributed by atoms with Crippen molar-refractivity contribution in [2.45, 2.75) is 51.3 Å². The van der Waals surface area contributed by atoms with E-state index in [4.69, 9.17) is 16.2 Å². The number of rotatable bonds is 0. The maximum atomic E-state index is 11.8. The van der Waals surface area contributed by atoms with Gasteiger partial charge in [-0.2, -0.15) is 0 Å². The normalized spacial score (nSPS) is 27.4. The zero-order valence-corrected chi connectivity index (χ0v) is 10.4. The Bertz CT molecular complexity index is 238. The fourth-order valence-corrected chi connectivity index (χ4v) is 1.66. The average molecular weight is 229 g/mol. The van der Waals surface area contributed by atoms with Crippen molar-refractivity contribution in [1.29, 1.82) is 0 Å². The molecule has 1 saturated heterocycles. The van der Waals surface area contributed by atoms with Crippen molar-refractivity contribution in [2.24, 2.45) is 11.5 Å². The van der Waals surface area contributed by atoms with Crippen LogP contribution >= 0.6 is 0 Å². The average Bonchev–Trinajstić information content (AvgIpc) is 2.28. The molecule has 0 saturated carbocycles. The van der Waals surface area contributed by atoms with E-state index in [0.29, 0.717) is 13.1 Å². The second-order valence-electron chi connectivity index (χ2n) is 5.37. The molecule has 0 spiro atoms. The maximum absolute atomic E-state index is 11.8. The lowest BCUT2D eigenvalue weighted by molar-refractivity contribution is 0.0256. The van der Waals surface area contributed by atoms with Crippen LogP contribution in [-0.4, -0.2) is 41.8 Å². The molecule has 0 aliphatic carbocycles. The van der Waals surface area contributed by atoms with Crippen molar-refractivity contribution in [1.82, 2.24) is 4.90 Å². The Morgan fingerprint density at radius 3 is 2.00 bits per heavy atom. The van der Waals surface area contributed by atoms with Gasteiger partial charge >= 0.3 is 6.09 Å². The molecule has 0 unspecified atom stereocenters. The Kier molecular flexibility index (Phi) is 4.15. The van der Waals surface area contributed by atoms with Gasteiger partial charge in [-0.15, -0.1) is 0 Å². The van der Waals surface area contributed by atoms with Crippen LogP contribution in [0.4, 0.5) is 4.79 Å². The van der Waals surface area contributed by atoms with E-state index < -0.39 is 5.60 Å². The minimum Gasteiger partial charge on any atom is -0.444 e. The molecular formula is C11H23N3O2. The molecule has 0 aromatic rings. The number of carbonyl (C=O) groups is 1. The van der Waals surface area contributed by atoms with Crippen molar-refractivity contribution in [3.8, 4) is 0 Å². The minimum absolute atomic E-state index is 0.0209. The number of amides is 1. The highest BCUT2D eigenvalue weighted by Gasteiger charge is 2.26. The first-order chi connectivity index (χ1) is 7.29. The van der Waals surface area contributed by atoms with Crippen molar-refractivity contribution in [3.63, 3.8) is 0 Å². The number of carbonyl (C=O) groups excluding carboxylic acids is 1. The maximum Gasteiger partial charge on any atom is 0.410 e. The Morgan fingerprint density at radius 2 is 1.62 bits per heavy atom. The molecule has 2 atom stereocenters. The molecule has 1 fully saturated rings. The van der Waals surface area contributed by atoms with Crippen molar-refractivity contribution < 1.29 is 9.53 Å². The lowest BCUT2D eigenvalue weighted by Gasteiger charge is -2.26. The SMILES string of the molecule is CC(C)(C)OC(=O)N1CC[C@@H](N)[C@H](N)CC1. The van der Waals surface area contributed by atoms with Gasteiger partial charge in [0.15, 0.2) is 0 Å². The van der Waals surface area contributed by atoms with E-state index in [2.05, 4.69) is 0 Å². The lowest BCUT2D eigenvalue weighted by Crippen LogP contribution is -2.40. The van der Waals surface area contributed by atoms with E-state index in [-0.39, 0.29) is 18.2 Å². The van der Waals surface area contributed by atoms with E-state index in [1.54, 1.807) is 4.90 Å². The smallest absolute Gasteiger partial charge is 0.410 e. The van der Waals surface area contributed by atoms with Crippen molar-refractivity contribution in [2.75, 3.05) is 13.1 Å². The predicted molar refractivity (Wildman–Crippen MR) is 63.0 cm³/mol. The molecule has 1 heterocycles. The van der Waals surface area contributed by atoms with Gasteiger partial charge in [-0.3, -0.25) is 0 Å². The molecule has 5 heteroatoms. The molecule has 16 heavy (non-hydrogen) atoms. The fraction of sp³-hybridized carbons (Fsp3) is 0.909. The second-order valence-corrected chi connectivity index (χ2v) is 5.37. The quantitative estimate of drug-likeness (QED) is 0.639. The van der Waals surface area contributed by atoms with Gasteiger partial charge < -0.3 is 21.1 Å². The van der Waals surface area contributed by atoms with E-state index in [9.17, 15) is 4.79 Å². The summed E-state index contributed by atoms with van der Waals surface area (Å²) >= 11 is 0. The van der Waals surface area contributed by atoms with Gasteiger partial charge in [0.2, 0.25) is 0 Å². The highest BCUT2D eigenvalue weighted by atomic mass is 16.6. The number of nitrogens with zero attached hydrogens (tertiary/aromatic N) is 1. The third-order valence-electron chi connectivity index (χ3n) is 2.67. The third kappa shape index (κ3) is 3.98. The van der Waals surface area contributed by atoms with Gasteiger partial charge in [-0.25, -0.2) is 4.79 Å². The van der Waals surface area contributed by atoms with Crippen LogP contribution in [0.5, 0.6) is 0 Å². The third-order valence-corrected chi connectivity index (χ3v) is 2.67. The molecular weight excluding hydrogens is 206 g/mol. The summed E-state index contributed by atoms with van der Waals surface area (Å²) in [7, 11) is 0. The largest absolute Gasteiger partial charge is 0.444 e. The molecule has 94 valence electrons. The van der Waals surface area contributed by atoms with Crippen LogP contribution in [0.1, 0.15) is 33.6 Å². The highest BCUT2D eigenvalue weighted by molar-refractivity contribution is 5.68. The molecule has 5 nitrogen and oxygen atoms in total. The Balaban J connectivity index is 2.51. The summed E-state index contributed by atoms with van der Waals surface area (Å²) in [6.45, 7) is 6.84. The molecule has 0 radical (unpaired) electrons. The topological polar surface area (TPSA) is 81.6 Å². The van der Waals surface area contributed by atoms with Gasteiger partial charge in [0.25, 0.3) is 0 Å². The number of hydrogen-bond donors (Lipinski definition) is 2. The van der Waals surface area contributed by atoms with Crippen LogP contribution in [0, 0.1) is 0 Å². The van der Waals surface area contributed by atoms with Gasteiger partial charge in [-0.05, 0) is 33.6 Å². The second kappa shape index (κ2) is 5.01. The number of hydrogen-bond acceptors (Lipinski definition) is 4. The summed E-state index contributed by atoms with van der Waals surface area (Å²) in [6.07, 6.45) is 1.20. The first-order valence-electron chi connectivity index (χ1n) is 5.78. The number of ether oxygens (including phenoxy) is 1. The minimum atomic E-state index is -0.451. The van der Waals surface area contributed by atoms with E-state index >= 15 is 0 Å². The van der Waals surface area contributed by atoms with E-state index in [1.807, 2.05) is 20.8 Å². The highest BCUT2D eigenvalue weighted by Crippen LogP contribution is 2.14. The molecule has 0 bridgehead atoms. The van der Waals surface area contributed by atoms with Gasteiger partial charge in [-0.1, -0.05) is 0 Å². The molecule has 1 rings (SSSR count). The lowest BCUT2D eigenvalue weighted by atomic mass is 10.1. The zero-order chi connectivity index (χ0) is 12.3. The summed E-state index contributed by atoms with van der Waals surface area (Å²) in [5.74, 6) is 0. The van der Waals surface area contributed by atoms with Crippen LogP contribution in [0.3, 0.4) is 0 Å². The monoisotopic (exact) mass is 229 g/mol. The molecule has 1 amide bonds. The van der Waals surface area contributed by atoms with Gasteiger partial charge in [0.05, 0.1) is 0 Å². The standard InChI is InChI=1S/C11H23N3O2/c1-11(2,3)16-10(15)14-6-4-8(12)9(13)5-7-14/h8-9H,4-7,12-13H2,1-3H3/t8-,9-/m1/s1. The van der Waals surface area contributed by atoms with Crippen molar-refractivity contribution in [3.05, 3.63) is 0 Å². The Hall–Kier alpha value is -0.810. The van der Waals surface area contributed by atoms with E-state index in [1.165, 1.54) is 0 Å². The zero-order valence-electron chi connectivity index (χ0n) is 10.4. The van der Waals surface area contributed by atoms with Gasteiger partial charge in [0, 0.05) is 25.2 Å². The Morgan fingerprint density at radius 1 is 1.19 bits per heavy atom. The van der Waals surface area contributed by atoms with Crippen LogP contribution in [0.2, 0.25) is 0 Å². The van der Waals surface area contributed by atoms with Crippen LogP contribution in [0.15, 0.2) is 0 Å². The Labute approximate surface area is 97.1 Å². The van der Waals surface area contributed by atoms with Crippen LogP contribution in [-0.2, 0) is 4.74 Å². The summed E-state index contributed by atoms with van der Waals surface area (Å²) in [4.78, 5) is 13.5. The summed E-state index contributed by atoms with van der Waals surface area (Å²) in [6, 6.07) is -0.0418. The first-order valence-corrected chi connectivity index (χ1v) is 5.78. The summed E-state index contributed by atoms with van der Waals surface area (Å²) in [5, 5.41) is 0. The molecule has 0 aromatic carbocycles. The molecule has 0 aromatic heterocycles. The number of likely N-dealkylation sites (tertiary alicyclic amines) is 1. The summed E-state index contributed by atoms with van der Waals surface area (Å²) < 4.78 is 5.31. The van der Waals surface area contributed by atoms with Crippen LogP contribution < -0.4 is 11.5 Å². The predicted octanol–water partition coefficient (Wildman–Crippen LogP) is 0.672. The van der Waals surface area contributed by atoms with E-state index in [0.717, 1.165) is 12.8 Å². The molecule has 1 aliphatic heterocycles. The molecule has 1 aliphatic rings. The summed E-state index contributed by atoms with van der Waals surface area (Å²) in [5.41, 5.74) is 11.3. The van der Waals surface area contributed by atoms with Crippen molar-refractivity contribution >= 4 is 6.09 Å².